The second-order valence-corrected chi connectivity index (χ2v) is 8.99. The third-order valence-electron chi connectivity index (χ3n) is 4.38. The minimum atomic E-state index is -3.96. The van der Waals surface area contributed by atoms with Gasteiger partial charge in [0.2, 0.25) is 10.0 Å². The molecule has 8 heteroatoms. The average molecular weight is 470 g/mol. The van der Waals surface area contributed by atoms with Crippen LogP contribution in [0.4, 0.5) is 5.69 Å². The van der Waals surface area contributed by atoms with Gasteiger partial charge in [-0.1, -0.05) is 64.5 Å². The molecule has 2 N–H and O–H groups in total. The first-order chi connectivity index (χ1) is 13.9. The van der Waals surface area contributed by atoms with Gasteiger partial charge in [-0.15, -0.1) is 0 Å². The van der Waals surface area contributed by atoms with Crippen molar-refractivity contribution in [1.82, 2.24) is 4.72 Å². The summed E-state index contributed by atoms with van der Waals surface area (Å²) in [4.78, 5) is 17.3. The number of halogens is 1. The molecule has 3 aromatic rings. The summed E-state index contributed by atoms with van der Waals surface area (Å²) >= 11 is 3.28. The zero-order valence-corrected chi connectivity index (χ0v) is 17.4. The van der Waals surface area contributed by atoms with E-state index in [0.29, 0.717) is 11.4 Å². The summed E-state index contributed by atoms with van der Waals surface area (Å²) in [5.41, 5.74) is 2.61. The van der Waals surface area contributed by atoms with Gasteiger partial charge in [0.05, 0.1) is 16.3 Å². The number of benzene rings is 3. The fourth-order valence-corrected chi connectivity index (χ4v) is 4.34. The van der Waals surface area contributed by atoms with E-state index < -0.39 is 22.1 Å². The molecule has 0 fully saturated rings. The fraction of sp³-hybridized carbons (Fsp3) is 0.0476. The minimum Gasteiger partial charge on any atom is -0.322 e. The van der Waals surface area contributed by atoms with E-state index in [1.165, 1.54) is 12.1 Å². The van der Waals surface area contributed by atoms with Crippen molar-refractivity contribution in [2.24, 2.45) is 4.99 Å². The molecule has 4 rings (SSSR count). The van der Waals surface area contributed by atoms with Crippen LogP contribution in [-0.2, 0) is 14.8 Å². The fourth-order valence-electron chi connectivity index (χ4n) is 2.99. The van der Waals surface area contributed by atoms with E-state index in [-0.39, 0.29) is 4.90 Å². The topological polar surface area (TPSA) is 87.6 Å². The van der Waals surface area contributed by atoms with Crippen molar-refractivity contribution < 1.29 is 13.2 Å². The standard InChI is InChI=1S/C21H16BrN3O3S/c22-15-10-12-16(13-11-15)29(27,28)25-20-21(26)23-18-9-5-4-8-17(18)19(24-20)14-6-2-1-3-7-14/h1-13,20,25H,(H,23,26). The summed E-state index contributed by atoms with van der Waals surface area (Å²) < 4.78 is 28.8. The summed E-state index contributed by atoms with van der Waals surface area (Å²) in [5.74, 6) is -0.552. The van der Waals surface area contributed by atoms with Gasteiger partial charge in [-0.3, -0.25) is 9.79 Å². The molecule has 0 bridgehead atoms. The van der Waals surface area contributed by atoms with Gasteiger partial charge in [0.1, 0.15) is 0 Å². The first-order valence-corrected chi connectivity index (χ1v) is 11.0. The molecule has 146 valence electrons. The molecule has 0 radical (unpaired) electrons. The molecule has 1 atom stereocenters. The molecule has 0 saturated carbocycles. The second kappa shape index (κ2) is 7.90. The summed E-state index contributed by atoms with van der Waals surface area (Å²) in [7, 11) is -3.96. The van der Waals surface area contributed by atoms with Crippen molar-refractivity contribution in [2.45, 2.75) is 11.1 Å². The number of carbonyl (C=O) groups is 1. The number of carbonyl (C=O) groups excluding carboxylic acids is 1. The van der Waals surface area contributed by atoms with Crippen LogP contribution < -0.4 is 10.0 Å². The van der Waals surface area contributed by atoms with Crippen molar-refractivity contribution in [3.8, 4) is 0 Å². The van der Waals surface area contributed by atoms with Crippen LogP contribution in [0.15, 0.2) is 93.2 Å². The Hall–Kier alpha value is -2.81. The zero-order valence-electron chi connectivity index (χ0n) is 15.0. The van der Waals surface area contributed by atoms with Crippen LogP contribution in [0.3, 0.4) is 0 Å². The SMILES string of the molecule is O=C1Nc2ccccc2C(c2ccccc2)=NC1NS(=O)(=O)c1ccc(Br)cc1. The van der Waals surface area contributed by atoms with Crippen LogP contribution in [0.1, 0.15) is 11.1 Å². The van der Waals surface area contributed by atoms with Gasteiger partial charge in [-0.25, -0.2) is 8.42 Å². The molecular weight excluding hydrogens is 454 g/mol. The normalized spacial score (nSPS) is 16.4. The lowest BCUT2D eigenvalue weighted by atomic mass is 10.0. The number of aliphatic imine (C=N–C) groups is 1. The molecule has 0 aromatic heterocycles. The molecule has 1 heterocycles. The Morgan fingerprint density at radius 3 is 2.28 bits per heavy atom. The predicted octanol–water partition coefficient (Wildman–Crippen LogP) is 3.54. The first kappa shape index (κ1) is 19.5. The lowest BCUT2D eigenvalue weighted by Crippen LogP contribution is -2.42. The molecule has 0 spiro atoms. The number of para-hydroxylation sites is 1. The predicted molar refractivity (Wildman–Crippen MR) is 115 cm³/mol. The van der Waals surface area contributed by atoms with Crippen LogP contribution in [0, 0.1) is 0 Å². The van der Waals surface area contributed by atoms with Gasteiger partial charge in [0.25, 0.3) is 5.91 Å². The highest BCUT2D eigenvalue weighted by atomic mass is 79.9. The van der Waals surface area contributed by atoms with Crippen molar-refractivity contribution in [2.75, 3.05) is 5.32 Å². The van der Waals surface area contributed by atoms with Gasteiger partial charge >= 0.3 is 0 Å². The number of hydrogen-bond acceptors (Lipinski definition) is 4. The first-order valence-electron chi connectivity index (χ1n) is 8.75. The zero-order chi connectivity index (χ0) is 20.4. The highest BCUT2D eigenvalue weighted by Gasteiger charge is 2.29. The van der Waals surface area contributed by atoms with Crippen LogP contribution in [-0.4, -0.2) is 26.2 Å². The van der Waals surface area contributed by atoms with E-state index in [9.17, 15) is 13.2 Å². The maximum Gasteiger partial charge on any atom is 0.264 e. The minimum absolute atomic E-state index is 0.0479. The van der Waals surface area contributed by atoms with Crippen LogP contribution >= 0.6 is 15.9 Å². The average Bonchev–Trinajstić information content (AvgIpc) is 2.85. The molecule has 0 saturated heterocycles. The Bertz CT molecular complexity index is 1190. The Labute approximate surface area is 176 Å². The Balaban J connectivity index is 1.77. The van der Waals surface area contributed by atoms with Crippen molar-refractivity contribution >= 4 is 43.3 Å². The number of fused-ring (bicyclic) bond motifs is 1. The van der Waals surface area contributed by atoms with E-state index in [4.69, 9.17) is 0 Å². The third-order valence-corrected chi connectivity index (χ3v) is 6.34. The molecular formula is C21H16BrN3O3S. The van der Waals surface area contributed by atoms with E-state index >= 15 is 0 Å². The van der Waals surface area contributed by atoms with Gasteiger partial charge < -0.3 is 5.32 Å². The molecule has 3 aromatic carbocycles. The lowest BCUT2D eigenvalue weighted by molar-refractivity contribution is -0.117. The number of sulfonamides is 1. The maximum atomic E-state index is 12.8. The number of amides is 1. The summed E-state index contributed by atoms with van der Waals surface area (Å²) in [5, 5.41) is 2.77. The molecule has 1 unspecified atom stereocenters. The molecule has 29 heavy (non-hydrogen) atoms. The number of nitrogens with zero attached hydrogens (tertiary/aromatic N) is 1. The third kappa shape index (κ3) is 4.14. The summed E-state index contributed by atoms with van der Waals surface area (Å²) in [6, 6.07) is 22.7. The maximum absolute atomic E-state index is 12.8. The van der Waals surface area contributed by atoms with Gasteiger partial charge in [0.15, 0.2) is 6.17 Å². The van der Waals surface area contributed by atoms with E-state index in [1.54, 1.807) is 24.3 Å². The quantitative estimate of drug-likeness (QED) is 0.612. The van der Waals surface area contributed by atoms with Crippen molar-refractivity contribution in [1.29, 1.82) is 0 Å². The molecule has 1 aliphatic rings. The molecule has 1 amide bonds. The smallest absolute Gasteiger partial charge is 0.264 e. The van der Waals surface area contributed by atoms with Crippen LogP contribution in [0.25, 0.3) is 0 Å². The Morgan fingerprint density at radius 2 is 1.55 bits per heavy atom. The lowest BCUT2D eigenvalue weighted by Gasteiger charge is -2.14. The van der Waals surface area contributed by atoms with E-state index in [2.05, 4.69) is 31.0 Å². The molecule has 6 nitrogen and oxygen atoms in total. The van der Waals surface area contributed by atoms with Crippen molar-refractivity contribution in [3.63, 3.8) is 0 Å². The summed E-state index contributed by atoms with van der Waals surface area (Å²) in [6.45, 7) is 0. The highest BCUT2D eigenvalue weighted by molar-refractivity contribution is 9.10. The number of rotatable bonds is 4. The Morgan fingerprint density at radius 1 is 0.897 bits per heavy atom. The number of nitrogens with one attached hydrogen (secondary N) is 2. The molecule has 1 aliphatic heterocycles. The second-order valence-electron chi connectivity index (χ2n) is 6.36. The number of benzodiazepines with no additional fused rings is 1. The Kier molecular flexibility index (Phi) is 5.31. The number of anilines is 1. The van der Waals surface area contributed by atoms with Crippen LogP contribution in [0.2, 0.25) is 0 Å². The van der Waals surface area contributed by atoms with Gasteiger partial charge in [-0.2, -0.15) is 4.72 Å². The summed E-state index contributed by atoms with van der Waals surface area (Å²) in [6.07, 6.45) is -1.31. The van der Waals surface area contributed by atoms with Crippen LogP contribution in [0.5, 0.6) is 0 Å². The largest absolute Gasteiger partial charge is 0.322 e. The highest BCUT2D eigenvalue weighted by Crippen LogP contribution is 2.24. The monoisotopic (exact) mass is 469 g/mol. The van der Waals surface area contributed by atoms with E-state index in [1.807, 2.05) is 42.5 Å². The van der Waals surface area contributed by atoms with Gasteiger partial charge in [-0.05, 0) is 30.3 Å². The molecule has 0 aliphatic carbocycles. The number of hydrogen-bond donors (Lipinski definition) is 2. The van der Waals surface area contributed by atoms with Crippen molar-refractivity contribution in [3.05, 3.63) is 94.5 Å². The van der Waals surface area contributed by atoms with Gasteiger partial charge in [0, 0.05) is 15.6 Å². The van der Waals surface area contributed by atoms with E-state index in [0.717, 1.165) is 15.6 Å².